The van der Waals surface area contributed by atoms with Crippen LogP contribution in [0.1, 0.15) is 17.4 Å². The molecule has 1 aromatic heterocycles. The van der Waals surface area contributed by atoms with Gasteiger partial charge in [-0.15, -0.1) is 0 Å². The molecule has 0 aliphatic heterocycles. The molecule has 1 heterocycles. The molecule has 0 aliphatic carbocycles. The number of non-ortho nitro benzene ring substituents is 1. The number of aromatic nitrogens is 2. The van der Waals surface area contributed by atoms with Crippen LogP contribution in [0.5, 0.6) is 0 Å². The molecule has 7 nitrogen and oxygen atoms in total. The van der Waals surface area contributed by atoms with Gasteiger partial charge < -0.3 is 5.32 Å². The Labute approximate surface area is 122 Å². The van der Waals surface area contributed by atoms with E-state index in [0.717, 1.165) is 0 Å². The average Bonchev–Trinajstić information content (AvgIpc) is 2.80. The van der Waals surface area contributed by atoms with Crippen molar-refractivity contribution in [1.82, 2.24) is 9.78 Å². The Hall–Kier alpha value is -2.22. The third-order valence-corrected chi connectivity index (χ3v) is 3.20. The van der Waals surface area contributed by atoms with Crippen LogP contribution < -0.4 is 5.32 Å². The standard InChI is InChI=1S/C12H11BrN4O3/c1-2-16-11(10(13)7-14-16)12(18)15-8-4-3-5-9(6-8)17(19)20/h3-7H,2H2,1H3,(H,15,18). The van der Waals surface area contributed by atoms with E-state index in [1.807, 2.05) is 6.92 Å². The molecule has 8 heteroatoms. The number of nitrogens with zero attached hydrogens (tertiary/aromatic N) is 3. The summed E-state index contributed by atoms with van der Waals surface area (Å²) in [4.78, 5) is 22.4. The number of carbonyl (C=O) groups is 1. The summed E-state index contributed by atoms with van der Waals surface area (Å²) in [7, 11) is 0. The first kappa shape index (κ1) is 14.2. The first-order valence-electron chi connectivity index (χ1n) is 5.80. The van der Waals surface area contributed by atoms with Crippen LogP contribution in [0.25, 0.3) is 0 Å². The molecule has 0 saturated carbocycles. The van der Waals surface area contributed by atoms with Gasteiger partial charge >= 0.3 is 0 Å². The van der Waals surface area contributed by atoms with Gasteiger partial charge in [0.2, 0.25) is 0 Å². The van der Waals surface area contributed by atoms with Crippen molar-refractivity contribution in [3.63, 3.8) is 0 Å². The van der Waals surface area contributed by atoms with Crippen LogP contribution in [0.3, 0.4) is 0 Å². The Morgan fingerprint density at radius 3 is 2.95 bits per heavy atom. The number of carbonyl (C=O) groups excluding carboxylic acids is 1. The molecular weight excluding hydrogens is 328 g/mol. The van der Waals surface area contributed by atoms with Crippen LogP contribution in [-0.2, 0) is 6.54 Å². The quantitative estimate of drug-likeness (QED) is 0.685. The van der Waals surface area contributed by atoms with Gasteiger partial charge in [0.05, 0.1) is 15.6 Å². The second-order valence-electron chi connectivity index (χ2n) is 3.92. The van der Waals surface area contributed by atoms with Crippen molar-refractivity contribution in [2.24, 2.45) is 0 Å². The fourth-order valence-electron chi connectivity index (χ4n) is 1.72. The van der Waals surface area contributed by atoms with Gasteiger partial charge in [-0.05, 0) is 28.9 Å². The number of rotatable bonds is 4. The monoisotopic (exact) mass is 338 g/mol. The first-order valence-corrected chi connectivity index (χ1v) is 6.59. The van der Waals surface area contributed by atoms with E-state index in [0.29, 0.717) is 22.4 Å². The lowest BCUT2D eigenvalue weighted by Gasteiger charge is -2.07. The molecule has 20 heavy (non-hydrogen) atoms. The minimum atomic E-state index is -0.512. The number of nitro benzene ring substituents is 1. The van der Waals surface area contributed by atoms with Gasteiger partial charge in [0, 0.05) is 24.4 Å². The van der Waals surface area contributed by atoms with Crippen molar-refractivity contribution in [1.29, 1.82) is 0 Å². The molecule has 0 atom stereocenters. The van der Waals surface area contributed by atoms with Crippen molar-refractivity contribution < 1.29 is 9.72 Å². The van der Waals surface area contributed by atoms with E-state index in [9.17, 15) is 14.9 Å². The predicted octanol–water partition coefficient (Wildman–Crippen LogP) is 2.83. The summed E-state index contributed by atoms with van der Waals surface area (Å²) in [6.07, 6.45) is 1.53. The number of nitrogens with one attached hydrogen (secondary N) is 1. The van der Waals surface area contributed by atoms with Crippen LogP contribution in [0.15, 0.2) is 34.9 Å². The zero-order valence-electron chi connectivity index (χ0n) is 10.5. The second-order valence-corrected chi connectivity index (χ2v) is 4.77. The van der Waals surface area contributed by atoms with Crippen molar-refractivity contribution in [3.8, 4) is 0 Å². The highest BCUT2D eigenvalue weighted by atomic mass is 79.9. The van der Waals surface area contributed by atoms with Crippen LogP contribution in [0, 0.1) is 10.1 Å². The van der Waals surface area contributed by atoms with Crippen molar-refractivity contribution in [2.75, 3.05) is 5.32 Å². The normalized spacial score (nSPS) is 10.3. The number of benzene rings is 1. The molecule has 0 aliphatic rings. The van der Waals surface area contributed by atoms with E-state index in [1.54, 1.807) is 6.07 Å². The third-order valence-electron chi connectivity index (χ3n) is 2.62. The maximum atomic E-state index is 12.2. The van der Waals surface area contributed by atoms with Crippen LogP contribution >= 0.6 is 15.9 Å². The molecule has 104 valence electrons. The molecule has 1 aromatic carbocycles. The van der Waals surface area contributed by atoms with E-state index >= 15 is 0 Å². The summed E-state index contributed by atoms with van der Waals surface area (Å²) >= 11 is 3.26. The smallest absolute Gasteiger partial charge is 0.275 e. The lowest BCUT2D eigenvalue weighted by molar-refractivity contribution is -0.384. The van der Waals surface area contributed by atoms with Crippen LogP contribution in [-0.4, -0.2) is 20.6 Å². The van der Waals surface area contributed by atoms with Gasteiger partial charge in [-0.25, -0.2) is 0 Å². The number of hydrogen-bond acceptors (Lipinski definition) is 4. The summed E-state index contributed by atoms with van der Waals surface area (Å²) in [5, 5.41) is 17.4. The Balaban J connectivity index is 2.25. The summed E-state index contributed by atoms with van der Waals surface area (Å²) in [6, 6.07) is 5.77. The minimum Gasteiger partial charge on any atom is -0.320 e. The van der Waals surface area contributed by atoms with E-state index in [4.69, 9.17) is 0 Å². The van der Waals surface area contributed by atoms with Crippen molar-refractivity contribution in [3.05, 3.63) is 50.7 Å². The van der Waals surface area contributed by atoms with E-state index in [2.05, 4.69) is 26.3 Å². The van der Waals surface area contributed by atoms with Crippen molar-refractivity contribution in [2.45, 2.75) is 13.5 Å². The van der Waals surface area contributed by atoms with E-state index < -0.39 is 4.92 Å². The highest BCUT2D eigenvalue weighted by molar-refractivity contribution is 9.10. The molecule has 1 N–H and O–H groups in total. The van der Waals surface area contributed by atoms with E-state index in [1.165, 1.54) is 29.1 Å². The lowest BCUT2D eigenvalue weighted by Crippen LogP contribution is -2.18. The predicted molar refractivity (Wildman–Crippen MR) is 76.7 cm³/mol. The van der Waals surface area contributed by atoms with Gasteiger partial charge in [0.1, 0.15) is 5.69 Å². The Morgan fingerprint density at radius 2 is 2.30 bits per heavy atom. The van der Waals surface area contributed by atoms with Gasteiger partial charge in [-0.3, -0.25) is 19.6 Å². The molecule has 2 rings (SSSR count). The molecule has 1 amide bonds. The Bertz CT molecular complexity index is 668. The SMILES string of the molecule is CCn1ncc(Br)c1C(=O)Nc1cccc([N+](=O)[O-])c1. The lowest BCUT2D eigenvalue weighted by atomic mass is 10.2. The fourth-order valence-corrected chi connectivity index (χ4v) is 2.19. The van der Waals surface area contributed by atoms with Gasteiger partial charge in [0.15, 0.2) is 0 Å². The maximum Gasteiger partial charge on any atom is 0.275 e. The number of aryl methyl sites for hydroxylation is 1. The zero-order chi connectivity index (χ0) is 14.7. The van der Waals surface area contributed by atoms with E-state index in [-0.39, 0.29) is 11.6 Å². The number of halogens is 1. The molecule has 0 spiro atoms. The third kappa shape index (κ3) is 2.85. The fraction of sp³-hybridized carbons (Fsp3) is 0.167. The Kier molecular flexibility index (Phi) is 4.14. The number of nitro groups is 1. The molecule has 0 unspecified atom stereocenters. The largest absolute Gasteiger partial charge is 0.320 e. The topological polar surface area (TPSA) is 90.1 Å². The molecule has 0 saturated heterocycles. The highest BCUT2D eigenvalue weighted by Gasteiger charge is 2.17. The Morgan fingerprint density at radius 1 is 1.55 bits per heavy atom. The first-order chi connectivity index (χ1) is 9.52. The average molecular weight is 339 g/mol. The van der Waals surface area contributed by atoms with Crippen LogP contribution in [0.2, 0.25) is 0 Å². The molecular formula is C12H11BrN4O3. The summed E-state index contributed by atoms with van der Waals surface area (Å²) in [5.74, 6) is -0.378. The zero-order valence-corrected chi connectivity index (χ0v) is 12.1. The van der Waals surface area contributed by atoms with Crippen molar-refractivity contribution >= 4 is 33.2 Å². The highest BCUT2D eigenvalue weighted by Crippen LogP contribution is 2.20. The molecule has 2 aromatic rings. The van der Waals surface area contributed by atoms with Gasteiger partial charge in [-0.1, -0.05) is 6.07 Å². The molecule has 0 bridgehead atoms. The van der Waals surface area contributed by atoms with Gasteiger partial charge in [-0.2, -0.15) is 5.10 Å². The molecule has 0 fully saturated rings. The van der Waals surface area contributed by atoms with Gasteiger partial charge in [0.25, 0.3) is 11.6 Å². The molecule has 0 radical (unpaired) electrons. The number of amides is 1. The van der Waals surface area contributed by atoms with Crippen LogP contribution in [0.4, 0.5) is 11.4 Å². The maximum absolute atomic E-state index is 12.2. The number of anilines is 1. The second kappa shape index (κ2) is 5.83. The summed E-state index contributed by atoms with van der Waals surface area (Å²) in [5.41, 5.74) is 0.657. The summed E-state index contributed by atoms with van der Waals surface area (Å²) in [6.45, 7) is 2.41. The summed E-state index contributed by atoms with van der Waals surface area (Å²) < 4.78 is 2.11. The minimum absolute atomic E-state index is 0.0779. The number of hydrogen-bond donors (Lipinski definition) is 1.